The number of nitrogens with zero attached hydrogens (tertiary/aromatic N) is 1. The maximum absolute atomic E-state index is 13.2. The van der Waals surface area contributed by atoms with Crippen molar-refractivity contribution < 1.29 is 9.59 Å². The van der Waals surface area contributed by atoms with Crippen molar-refractivity contribution in [2.45, 2.75) is 6.92 Å². The van der Waals surface area contributed by atoms with Crippen LogP contribution in [-0.4, -0.2) is 11.8 Å². The van der Waals surface area contributed by atoms with Crippen LogP contribution in [0.15, 0.2) is 65.7 Å². The second kappa shape index (κ2) is 7.43. The first-order chi connectivity index (χ1) is 13.5. The fourth-order valence-corrected chi connectivity index (χ4v) is 4.13. The first kappa shape index (κ1) is 18.7. The van der Waals surface area contributed by atoms with E-state index in [4.69, 9.17) is 23.2 Å². The average molecular weight is 429 g/mol. The van der Waals surface area contributed by atoms with Crippen LogP contribution in [0.1, 0.15) is 10.4 Å². The van der Waals surface area contributed by atoms with Crippen LogP contribution < -0.4 is 10.2 Å². The number of rotatable bonds is 4. The summed E-state index contributed by atoms with van der Waals surface area (Å²) in [6.45, 7) is 1.89. The van der Waals surface area contributed by atoms with Crippen molar-refractivity contribution in [3.05, 3.63) is 86.2 Å². The molecule has 0 fully saturated rings. The number of aryl methyl sites for hydroxylation is 1. The van der Waals surface area contributed by atoms with Gasteiger partial charge in [0.2, 0.25) is 0 Å². The standard InChI is InChI=1S/C21H14Cl2N2O2S/c1-12-8-9-13(11-15(12)23)24-19-18(17-7-4-10-28-17)20(26)25(21(19)27)16-6-3-2-5-14(16)22/h2-11,24H,1H3. The van der Waals surface area contributed by atoms with Crippen molar-refractivity contribution in [1.29, 1.82) is 0 Å². The van der Waals surface area contributed by atoms with Crippen molar-refractivity contribution in [2.24, 2.45) is 0 Å². The summed E-state index contributed by atoms with van der Waals surface area (Å²) in [5.74, 6) is -0.876. The molecule has 7 heteroatoms. The number of hydrogen-bond donors (Lipinski definition) is 1. The Morgan fingerprint density at radius 2 is 1.71 bits per heavy atom. The summed E-state index contributed by atoms with van der Waals surface area (Å²) in [5.41, 5.74) is 2.42. The fraction of sp³-hybridized carbons (Fsp3) is 0.0476. The highest BCUT2D eigenvalue weighted by molar-refractivity contribution is 7.11. The largest absolute Gasteiger partial charge is 0.350 e. The average Bonchev–Trinajstić information content (AvgIpc) is 3.27. The molecule has 1 aliphatic heterocycles. The number of amides is 2. The van der Waals surface area contributed by atoms with Crippen LogP contribution >= 0.6 is 34.5 Å². The lowest BCUT2D eigenvalue weighted by atomic mass is 10.1. The summed E-state index contributed by atoms with van der Waals surface area (Å²) in [6.07, 6.45) is 0. The van der Waals surface area contributed by atoms with Crippen LogP contribution in [-0.2, 0) is 9.59 Å². The third-order valence-electron chi connectivity index (χ3n) is 4.39. The molecule has 4 nitrogen and oxygen atoms in total. The number of carbonyl (C=O) groups excluding carboxylic acids is 2. The van der Waals surface area contributed by atoms with Crippen LogP contribution in [0.5, 0.6) is 0 Å². The van der Waals surface area contributed by atoms with Crippen LogP contribution in [0.2, 0.25) is 10.0 Å². The molecule has 2 heterocycles. The van der Waals surface area contributed by atoms with Crippen molar-refractivity contribution in [3.63, 3.8) is 0 Å². The minimum atomic E-state index is -0.460. The van der Waals surface area contributed by atoms with Crippen LogP contribution in [0.3, 0.4) is 0 Å². The number of anilines is 2. The molecule has 0 unspecified atom stereocenters. The van der Waals surface area contributed by atoms with Crippen LogP contribution in [0.25, 0.3) is 5.57 Å². The zero-order valence-corrected chi connectivity index (χ0v) is 17.0. The van der Waals surface area contributed by atoms with Gasteiger partial charge in [-0.05, 0) is 48.2 Å². The van der Waals surface area contributed by atoms with E-state index in [9.17, 15) is 9.59 Å². The predicted octanol–water partition coefficient (Wildman–Crippen LogP) is 5.76. The summed E-state index contributed by atoms with van der Waals surface area (Å²) < 4.78 is 0. The lowest BCUT2D eigenvalue weighted by molar-refractivity contribution is -0.120. The molecular weight excluding hydrogens is 415 g/mol. The number of thiophene rings is 1. The van der Waals surface area contributed by atoms with E-state index in [1.807, 2.05) is 36.6 Å². The molecule has 140 valence electrons. The molecule has 0 aliphatic carbocycles. The lowest BCUT2D eigenvalue weighted by Crippen LogP contribution is -2.32. The zero-order valence-electron chi connectivity index (χ0n) is 14.7. The molecule has 1 aromatic heterocycles. The maximum Gasteiger partial charge on any atom is 0.282 e. The topological polar surface area (TPSA) is 49.4 Å². The molecule has 4 rings (SSSR count). The molecule has 1 aliphatic rings. The molecule has 3 aromatic rings. The number of imide groups is 1. The van der Waals surface area contributed by atoms with Gasteiger partial charge >= 0.3 is 0 Å². The van der Waals surface area contributed by atoms with Crippen molar-refractivity contribution in [1.82, 2.24) is 0 Å². The zero-order chi connectivity index (χ0) is 19.8. The quantitative estimate of drug-likeness (QED) is 0.537. The molecule has 2 aromatic carbocycles. The van der Waals surface area contributed by atoms with Crippen molar-refractivity contribution >= 4 is 63.3 Å². The molecule has 1 N–H and O–H groups in total. The highest BCUT2D eigenvalue weighted by Gasteiger charge is 2.41. The summed E-state index contributed by atoms with van der Waals surface area (Å²) >= 11 is 13.9. The predicted molar refractivity (Wildman–Crippen MR) is 115 cm³/mol. The van der Waals surface area contributed by atoms with Gasteiger partial charge in [0.15, 0.2) is 0 Å². The Kier molecular flexibility index (Phi) is 4.98. The van der Waals surface area contributed by atoms with Gasteiger partial charge in [0, 0.05) is 15.6 Å². The lowest BCUT2D eigenvalue weighted by Gasteiger charge is -2.16. The second-order valence-corrected chi connectivity index (χ2v) is 7.98. The van der Waals surface area contributed by atoms with Gasteiger partial charge in [-0.15, -0.1) is 11.3 Å². The Morgan fingerprint density at radius 3 is 2.39 bits per heavy atom. The minimum Gasteiger partial charge on any atom is -0.350 e. The number of hydrogen-bond acceptors (Lipinski definition) is 4. The van der Waals surface area contributed by atoms with Gasteiger partial charge in [-0.1, -0.05) is 47.5 Å². The third-order valence-corrected chi connectivity index (χ3v) is 6.00. The highest BCUT2D eigenvalue weighted by Crippen LogP contribution is 2.38. The maximum atomic E-state index is 13.2. The molecule has 0 saturated heterocycles. The van der Waals surface area contributed by atoms with Gasteiger partial charge in [0.25, 0.3) is 11.8 Å². The van der Waals surface area contributed by atoms with Crippen molar-refractivity contribution in [2.75, 3.05) is 10.2 Å². The Hall–Kier alpha value is -2.60. The van der Waals surface area contributed by atoms with Gasteiger partial charge in [0.05, 0.1) is 16.3 Å². The van der Waals surface area contributed by atoms with E-state index >= 15 is 0 Å². The summed E-state index contributed by atoms with van der Waals surface area (Å²) in [5, 5.41) is 5.85. The Morgan fingerprint density at radius 1 is 0.929 bits per heavy atom. The van der Waals surface area contributed by atoms with E-state index in [1.54, 1.807) is 30.3 Å². The Balaban J connectivity index is 1.82. The molecule has 0 spiro atoms. The monoisotopic (exact) mass is 428 g/mol. The van der Waals surface area contributed by atoms with Gasteiger partial charge in [-0.2, -0.15) is 0 Å². The number of halogens is 2. The van der Waals surface area contributed by atoms with E-state index < -0.39 is 11.8 Å². The minimum absolute atomic E-state index is 0.201. The van der Waals surface area contributed by atoms with E-state index in [0.29, 0.717) is 31.9 Å². The molecule has 0 radical (unpaired) electrons. The van der Waals surface area contributed by atoms with Gasteiger partial charge in [-0.25, -0.2) is 4.90 Å². The van der Waals surface area contributed by atoms with E-state index in [-0.39, 0.29) is 5.70 Å². The smallest absolute Gasteiger partial charge is 0.282 e. The normalized spacial score (nSPS) is 14.2. The third kappa shape index (κ3) is 3.22. The number of nitrogens with one attached hydrogen (secondary N) is 1. The van der Waals surface area contributed by atoms with E-state index in [0.717, 1.165) is 10.5 Å². The van der Waals surface area contributed by atoms with Crippen LogP contribution in [0.4, 0.5) is 11.4 Å². The highest BCUT2D eigenvalue weighted by atomic mass is 35.5. The fourth-order valence-electron chi connectivity index (χ4n) is 2.96. The van der Waals surface area contributed by atoms with Crippen LogP contribution in [0, 0.1) is 6.92 Å². The Bertz CT molecular complexity index is 1120. The summed E-state index contributed by atoms with van der Waals surface area (Å²) in [7, 11) is 0. The summed E-state index contributed by atoms with van der Waals surface area (Å²) in [6, 6.07) is 15.8. The van der Waals surface area contributed by atoms with Gasteiger partial charge < -0.3 is 5.32 Å². The van der Waals surface area contributed by atoms with E-state index in [1.165, 1.54) is 11.3 Å². The van der Waals surface area contributed by atoms with Gasteiger partial charge in [-0.3, -0.25) is 9.59 Å². The molecule has 0 bridgehead atoms. The first-order valence-corrected chi connectivity index (χ1v) is 10.1. The Labute approximate surface area is 176 Å². The van der Waals surface area contributed by atoms with Gasteiger partial charge in [0.1, 0.15) is 5.70 Å². The number of carbonyl (C=O) groups is 2. The van der Waals surface area contributed by atoms with Crippen molar-refractivity contribution in [3.8, 4) is 0 Å². The first-order valence-electron chi connectivity index (χ1n) is 8.42. The number of para-hydroxylation sites is 1. The molecule has 0 saturated carbocycles. The SMILES string of the molecule is Cc1ccc(NC2=C(c3cccs3)C(=O)N(c3ccccc3Cl)C2=O)cc1Cl. The van der Waals surface area contributed by atoms with E-state index in [2.05, 4.69) is 5.32 Å². The molecule has 2 amide bonds. The molecule has 0 atom stereocenters. The molecule has 28 heavy (non-hydrogen) atoms. The summed E-state index contributed by atoms with van der Waals surface area (Å²) in [4.78, 5) is 28.3. The number of benzene rings is 2. The molecular formula is C21H14Cl2N2O2S. The second-order valence-electron chi connectivity index (χ2n) is 6.21.